The second-order valence-electron chi connectivity index (χ2n) is 6.75. The summed E-state index contributed by atoms with van der Waals surface area (Å²) in [6.07, 6.45) is 7.23. The summed E-state index contributed by atoms with van der Waals surface area (Å²) in [5.74, 6) is -0.322. The molecule has 134 valence electrons. The van der Waals surface area contributed by atoms with Crippen LogP contribution >= 0.6 is 0 Å². The van der Waals surface area contributed by atoms with Crippen LogP contribution in [0.5, 0.6) is 0 Å². The molecule has 0 saturated heterocycles. The minimum absolute atomic E-state index is 0.322. The average Bonchev–Trinajstić information content (AvgIpc) is 3.08. The van der Waals surface area contributed by atoms with Gasteiger partial charge in [-0.25, -0.2) is 9.37 Å². The number of benzene rings is 1. The number of nitrogens with zero attached hydrogens (tertiary/aromatic N) is 3. The van der Waals surface area contributed by atoms with E-state index in [0.29, 0.717) is 5.69 Å². The van der Waals surface area contributed by atoms with Gasteiger partial charge in [-0.1, -0.05) is 6.07 Å². The quantitative estimate of drug-likeness (QED) is 0.467. The summed E-state index contributed by atoms with van der Waals surface area (Å²) in [5, 5.41) is 0.943. The Labute approximate surface area is 156 Å². The number of nitrogens with one attached hydrogen (secondary N) is 1. The number of fused-ring (bicyclic) bond motifs is 1. The third kappa shape index (κ3) is 3.24. The fourth-order valence-electron chi connectivity index (χ4n) is 3.19. The molecule has 0 aliphatic rings. The van der Waals surface area contributed by atoms with Crippen molar-refractivity contribution in [1.29, 1.82) is 0 Å². The maximum absolute atomic E-state index is 14.7. The second kappa shape index (κ2) is 6.76. The SMILES string of the molecule is CC(C)=Nc1c(C)cc(-c2c[nH]c3ncc(-c4cccnc4)cc23)cc1F. The summed E-state index contributed by atoms with van der Waals surface area (Å²) < 4.78 is 14.7. The summed E-state index contributed by atoms with van der Waals surface area (Å²) in [6.45, 7) is 5.60. The number of pyridine rings is 2. The highest BCUT2D eigenvalue weighted by Gasteiger charge is 2.13. The molecule has 0 saturated carbocycles. The number of aliphatic imine (C=N–C) groups is 1. The summed E-state index contributed by atoms with van der Waals surface area (Å²) in [6, 6.07) is 9.44. The summed E-state index contributed by atoms with van der Waals surface area (Å²) in [5.41, 5.74) is 6.46. The molecule has 1 N–H and O–H groups in total. The van der Waals surface area contributed by atoms with Crippen molar-refractivity contribution in [3.63, 3.8) is 0 Å². The first kappa shape index (κ1) is 17.1. The molecule has 1 aromatic carbocycles. The molecule has 0 amide bonds. The van der Waals surface area contributed by atoms with E-state index in [0.717, 1.165) is 44.6 Å². The Balaban J connectivity index is 1.86. The zero-order chi connectivity index (χ0) is 19.0. The lowest BCUT2D eigenvalue weighted by Crippen LogP contribution is -1.89. The van der Waals surface area contributed by atoms with Crippen molar-refractivity contribution in [2.24, 2.45) is 4.99 Å². The van der Waals surface area contributed by atoms with Crippen LogP contribution in [-0.4, -0.2) is 20.7 Å². The Hall–Kier alpha value is -3.34. The lowest BCUT2D eigenvalue weighted by atomic mass is 10.0. The minimum atomic E-state index is -0.322. The van der Waals surface area contributed by atoms with Crippen molar-refractivity contribution in [2.75, 3.05) is 0 Å². The largest absolute Gasteiger partial charge is 0.346 e. The zero-order valence-electron chi connectivity index (χ0n) is 15.4. The predicted octanol–water partition coefficient (Wildman–Crippen LogP) is 5.85. The topological polar surface area (TPSA) is 53.9 Å². The van der Waals surface area contributed by atoms with Gasteiger partial charge in [-0.15, -0.1) is 0 Å². The number of H-pyrrole nitrogens is 1. The van der Waals surface area contributed by atoms with Crippen LogP contribution in [0.15, 0.2) is 60.1 Å². The van der Waals surface area contributed by atoms with Crippen molar-refractivity contribution in [3.05, 3.63) is 66.5 Å². The van der Waals surface area contributed by atoms with Gasteiger partial charge < -0.3 is 4.98 Å². The van der Waals surface area contributed by atoms with Gasteiger partial charge >= 0.3 is 0 Å². The fraction of sp³-hybridized carbons (Fsp3) is 0.136. The van der Waals surface area contributed by atoms with Crippen LogP contribution in [-0.2, 0) is 0 Å². The number of rotatable bonds is 3. The molecule has 5 heteroatoms. The van der Waals surface area contributed by atoms with Gasteiger partial charge in [0.05, 0.1) is 0 Å². The van der Waals surface area contributed by atoms with E-state index in [-0.39, 0.29) is 5.82 Å². The van der Waals surface area contributed by atoms with Crippen molar-refractivity contribution < 1.29 is 4.39 Å². The van der Waals surface area contributed by atoms with Crippen LogP contribution < -0.4 is 0 Å². The number of aromatic amines is 1. The number of aryl methyl sites for hydroxylation is 1. The maximum atomic E-state index is 14.7. The zero-order valence-corrected chi connectivity index (χ0v) is 15.4. The van der Waals surface area contributed by atoms with Gasteiger partial charge in [0.1, 0.15) is 17.2 Å². The van der Waals surface area contributed by atoms with Gasteiger partial charge in [-0.05, 0) is 56.2 Å². The van der Waals surface area contributed by atoms with Gasteiger partial charge in [0.25, 0.3) is 0 Å². The molecule has 4 aromatic rings. The third-order valence-electron chi connectivity index (χ3n) is 4.43. The first-order chi connectivity index (χ1) is 13.0. The fourth-order valence-corrected chi connectivity index (χ4v) is 3.19. The maximum Gasteiger partial charge on any atom is 0.149 e. The van der Waals surface area contributed by atoms with Crippen molar-refractivity contribution in [1.82, 2.24) is 15.0 Å². The minimum Gasteiger partial charge on any atom is -0.346 e. The van der Waals surface area contributed by atoms with Crippen LogP contribution in [0, 0.1) is 12.7 Å². The number of halogens is 1. The van der Waals surface area contributed by atoms with Gasteiger partial charge in [-0.3, -0.25) is 9.98 Å². The Morgan fingerprint density at radius 1 is 1.07 bits per heavy atom. The third-order valence-corrected chi connectivity index (χ3v) is 4.43. The van der Waals surface area contributed by atoms with Crippen molar-refractivity contribution >= 4 is 22.4 Å². The molecule has 0 aliphatic heterocycles. The average molecular weight is 358 g/mol. The Morgan fingerprint density at radius 2 is 1.93 bits per heavy atom. The van der Waals surface area contributed by atoms with E-state index in [1.165, 1.54) is 6.07 Å². The van der Waals surface area contributed by atoms with E-state index in [1.54, 1.807) is 12.4 Å². The Bertz CT molecular complexity index is 1130. The highest BCUT2D eigenvalue weighted by Crippen LogP contribution is 2.34. The van der Waals surface area contributed by atoms with E-state index in [4.69, 9.17) is 0 Å². The monoisotopic (exact) mass is 358 g/mol. The van der Waals surface area contributed by atoms with Crippen LogP contribution in [0.3, 0.4) is 0 Å². The molecule has 27 heavy (non-hydrogen) atoms. The summed E-state index contributed by atoms with van der Waals surface area (Å²) in [4.78, 5) is 16.2. The summed E-state index contributed by atoms with van der Waals surface area (Å²) >= 11 is 0. The van der Waals surface area contributed by atoms with Crippen LogP contribution in [0.1, 0.15) is 19.4 Å². The second-order valence-corrected chi connectivity index (χ2v) is 6.75. The van der Waals surface area contributed by atoms with Crippen molar-refractivity contribution in [2.45, 2.75) is 20.8 Å². The van der Waals surface area contributed by atoms with Crippen molar-refractivity contribution in [3.8, 4) is 22.3 Å². The molecule has 4 nitrogen and oxygen atoms in total. The first-order valence-corrected chi connectivity index (χ1v) is 8.73. The van der Waals surface area contributed by atoms with Crippen LogP contribution in [0.25, 0.3) is 33.3 Å². The molecule has 0 fully saturated rings. The molecule has 4 rings (SSSR count). The predicted molar refractivity (Wildman–Crippen MR) is 108 cm³/mol. The number of hydrogen-bond acceptors (Lipinski definition) is 3. The van der Waals surface area contributed by atoms with Gasteiger partial charge in [0.15, 0.2) is 0 Å². The molecule has 0 atom stereocenters. The molecule has 0 aliphatic carbocycles. The molecular weight excluding hydrogens is 339 g/mol. The van der Waals surface area contributed by atoms with E-state index in [2.05, 4.69) is 26.0 Å². The molecule has 0 radical (unpaired) electrons. The molecule has 0 spiro atoms. The van der Waals surface area contributed by atoms with E-state index in [9.17, 15) is 4.39 Å². The van der Waals surface area contributed by atoms with E-state index >= 15 is 0 Å². The smallest absolute Gasteiger partial charge is 0.149 e. The number of hydrogen-bond donors (Lipinski definition) is 1. The highest BCUT2D eigenvalue weighted by atomic mass is 19.1. The molecule has 0 unspecified atom stereocenters. The molecule has 3 heterocycles. The Kier molecular flexibility index (Phi) is 4.28. The highest BCUT2D eigenvalue weighted by molar-refractivity contribution is 5.96. The van der Waals surface area contributed by atoms with Crippen LogP contribution in [0.4, 0.5) is 10.1 Å². The Morgan fingerprint density at radius 3 is 2.63 bits per heavy atom. The van der Waals surface area contributed by atoms with Gasteiger partial charge in [0.2, 0.25) is 0 Å². The molecule has 0 bridgehead atoms. The first-order valence-electron chi connectivity index (χ1n) is 8.73. The molecular formula is C22H19FN4. The number of aromatic nitrogens is 3. The van der Waals surface area contributed by atoms with E-state index in [1.807, 2.05) is 51.4 Å². The standard InChI is InChI=1S/C22H19FN4/c1-13(2)27-21-14(3)7-16(9-20(21)23)19-12-26-22-18(19)8-17(11-25-22)15-5-4-6-24-10-15/h4-12H,1-3H3,(H,25,26). The lowest BCUT2D eigenvalue weighted by molar-refractivity contribution is 0.629. The van der Waals surface area contributed by atoms with E-state index < -0.39 is 0 Å². The van der Waals surface area contributed by atoms with Crippen LogP contribution in [0.2, 0.25) is 0 Å². The summed E-state index contributed by atoms with van der Waals surface area (Å²) in [7, 11) is 0. The van der Waals surface area contributed by atoms with Gasteiger partial charge in [0, 0.05) is 52.6 Å². The molecule has 3 aromatic heterocycles. The lowest BCUT2D eigenvalue weighted by Gasteiger charge is -2.08. The normalized spacial score (nSPS) is 11.0. The van der Waals surface area contributed by atoms with Gasteiger partial charge in [-0.2, -0.15) is 0 Å².